The molecule has 2 aromatic carbocycles. The van der Waals surface area contributed by atoms with Crippen LogP contribution in [0.1, 0.15) is 21.6 Å². The summed E-state index contributed by atoms with van der Waals surface area (Å²) in [6.07, 6.45) is 0. The predicted octanol–water partition coefficient (Wildman–Crippen LogP) is 3.18. The number of primary amides is 1. The summed E-state index contributed by atoms with van der Waals surface area (Å²) in [7, 11) is 0. The summed E-state index contributed by atoms with van der Waals surface area (Å²) < 4.78 is 0. The van der Waals surface area contributed by atoms with Crippen molar-refractivity contribution in [2.45, 2.75) is 6.92 Å². The fourth-order valence-electron chi connectivity index (χ4n) is 2.43. The van der Waals surface area contributed by atoms with Gasteiger partial charge < -0.3 is 5.73 Å². The first-order chi connectivity index (χ1) is 10.6. The first-order valence-electron chi connectivity index (χ1n) is 6.80. The number of carbonyl (C=O) groups excluding carboxylic acids is 1. The predicted molar refractivity (Wildman–Crippen MR) is 85.1 cm³/mol. The third-order valence-corrected chi connectivity index (χ3v) is 3.54. The Morgan fingerprint density at radius 3 is 2.50 bits per heavy atom. The van der Waals surface area contributed by atoms with Crippen LogP contribution in [0.2, 0.25) is 0 Å². The number of aryl methyl sites for hydroxylation is 1. The lowest BCUT2D eigenvalue weighted by Gasteiger charge is -2.09. The molecule has 1 aromatic heterocycles. The minimum Gasteiger partial charge on any atom is -0.364 e. The first kappa shape index (κ1) is 13.8. The third kappa shape index (κ3) is 2.40. The first-order valence-corrected chi connectivity index (χ1v) is 6.80. The second-order valence-electron chi connectivity index (χ2n) is 5.13. The largest absolute Gasteiger partial charge is 0.364 e. The number of pyridine rings is 1. The molecule has 0 radical (unpaired) electrons. The quantitative estimate of drug-likeness (QED) is 0.786. The molecular weight excluding hydrogens is 274 g/mol. The maximum absolute atomic E-state index is 11.5. The van der Waals surface area contributed by atoms with Gasteiger partial charge in [0.15, 0.2) is 0 Å². The summed E-state index contributed by atoms with van der Waals surface area (Å²) >= 11 is 0. The summed E-state index contributed by atoms with van der Waals surface area (Å²) in [6.45, 7) is 1.97. The molecule has 0 aliphatic rings. The van der Waals surface area contributed by atoms with E-state index in [-0.39, 0.29) is 5.69 Å². The van der Waals surface area contributed by atoms with E-state index >= 15 is 0 Å². The van der Waals surface area contributed by atoms with Crippen molar-refractivity contribution in [3.63, 3.8) is 0 Å². The fraction of sp³-hybridized carbons (Fsp3) is 0.0556. The van der Waals surface area contributed by atoms with E-state index in [9.17, 15) is 4.79 Å². The molecule has 22 heavy (non-hydrogen) atoms. The SMILES string of the molecule is Cc1ccc2c(-c3ccc(C#N)cc3)cc(C(N)=O)nc2c1. The van der Waals surface area contributed by atoms with Gasteiger partial charge in [-0.25, -0.2) is 4.98 Å². The zero-order valence-electron chi connectivity index (χ0n) is 12.0. The zero-order chi connectivity index (χ0) is 15.7. The molecule has 0 bridgehead atoms. The van der Waals surface area contributed by atoms with Crippen molar-refractivity contribution in [3.05, 3.63) is 65.4 Å². The number of nitriles is 1. The fourth-order valence-corrected chi connectivity index (χ4v) is 2.43. The molecule has 0 atom stereocenters. The van der Waals surface area contributed by atoms with E-state index in [1.807, 2.05) is 37.3 Å². The van der Waals surface area contributed by atoms with Crippen LogP contribution in [-0.4, -0.2) is 10.9 Å². The van der Waals surface area contributed by atoms with Crippen molar-refractivity contribution < 1.29 is 4.79 Å². The summed E-state index contributed by atoms with van der Waals surface area (Å²) in [5.74, 6) is -0.557. The topological polar surface area (TPSA) is 79.8 Å². The van der Waals surface area contributed by atoms with Crippen LogP contribution < -0.4 is 5.73 Å². The van der Waals surface area contributed by atoms with Gasteiger partial charge in [0.1, 0.15) is 5.69 Å². The van der Waals surface area contributed by atoms with Gasteiger partial charge in [-0.3, -0.25) is 4.79 Å². The Kier molecular flexibility index (Phi) is 3.32. The average molecular weight is 287 g/mol. The van der Waals surface area contributed by atoms with Crippen LogP contribution in [0.4, 0.5) is 0 Å². The van der Waals surface area contributed by atoms with Gasteiger partial charge in [-0.15, -0.1) is 0 Å². The molecule has 0 unspecified atom stereocenters. The van der Waals surface area contributed by atoms with Crippen LogP contribution >= 0.6 is 0 Å². The highest BCUT2D eigenvalue weighted by Gasteiger charge is 2.11. The zero-order valence-corrected chi connectivity index (χ0v) is 12.0. The van der Waals surface area contributed by atoms with E-state index in [4.69, 9.17) is 11.0 Å². The van der Waals surface area contributed by atoms with Gasteiger partial charge in [-0.05, 0) is 47.9 Å². The molecule has 0 aliphatic heterocycles. The number of benzene rings is 2. The van der Waals surface area contributed by atoms with E-state index in [2.05, 4.69) is 11.1 Å². The van der Waals surface area contributed by atoms with Gasteiger partial charge in [-0.1, -0.05) is 24.3 Å². The standard InChI is InChI=1S/C18H13N3O/c1-11-2-7-14-15(13-5-3-12(10-19)4-6-13)9-17(18(20)22)21-16(14)8-11/h2-9H,1H3,(H2,20,22). The van der Waals surface area contributed by atoms with Crippen molar-refractivity contribution in [2.24, 2.45) is 5.73 Å². The Morgan fingerprint density at radius 1 is 1.14 bits per heavy atom. The summed E-state index contributed by atoms with van der Waals surface area (Å²) in [5, 5.41) is 9.84. The molecule has 0 fully saturated rings. The summed E-state index contributed by atoms with van der Waals surface area (Å²) in [6, 6.07) is 16.9. The molecular formula is C18H13N3O. The lowest BCUT2D eigenvalue weighted by Crippen LogP contribution is -2.13. The van der Waals surface area contributed by atoms with E-state index in [1.165, 1.54) is 0 Å². The molecule has 106 valence electrons. The Morgan fingerprint density at radius 2 is 1.86 bits per heavy atom. The Bertz CT molecular complexity index is 921. The number of nitrogens with zero attached hydrogens (tertiary/aromatic N) is 2. The number of rotatable bonds is 2. The van der Waals surface area contributed by atoms with Crippen molar-refractivity contribution in [2.75, 3.05) is 0 Å². The molecule has 0 spiro atoms. The number of nitrogens with two attached hydrogens (primary N) is 1. The van der Waals surface area contributed by atoms with E-state index < -0.39 is 5.91 Å². The van der Waals surface area contributed by atoms with Gasteiger partial charge in [0, 0.05) is 5.39 Å². The van der Waals surface area contributed by atoms with E-state index in [1.54, 1.807) is 18.2 Å². The highest BCUT2D eigenvalue weighted by Crippen LogP contribution is 2.29. The van der Waals surface area contributed by atoms with Crippen molar-refractivity contribution in [1.29, 1.82) is 5.26 Å². The van der Waals surface area contributed by atoms with E-state index in [0.717, 1.165) is 27.6 Å². The van der Waals surface area contributed by atoms with Gasteiger partial charge in [0.2, 0.25) is 0 Å². The second-order valence-corrected chi connectivity index (χ2v) is 5.13. The van der Waals surface area contributed by atoms with Crippen LogP contribution in [0.15, 0.2) is 48.5 Å². The second kappa shape index (κ2) is 5.30. The molecule has 3 aromatic rings. The smallest absolute Gasteiger partial charge is 0.267 e. The molecule has 0 saturated carbocycles. The monoisotopic (exact) mass is 287 g/mol. The van der Waals surface area contributed by atoms with Crippen LogP contribution in [0.25, 0.3) is 22.0 Å². The number of amides is 1. The molecule has 4 nitrogen and oxygen atoms in total. The lowest BCUT2D eigenvalue weighted by atomic mass is 9.98. The number of hydrogen-bond donors (Lipinski definition) is 1. The molecule has 4 heteroatoms. The minimum absolute atomic E-state index is 0.234. The molecule has 0 aliphatic carbocycles. The van der Waals surface area contributed by atoms with Gasteiger partial charge in [0.25, 0.3) is 5.91 Å². The average Bonchev–Trinajstić information content (AvgIpc) is 2.53. The van der Waals surface area contributed by atoms with Gasteiger partial charge in [0.05, 0.1) is 17.1 Å². The van der Waals surface area contributed by atoms with Crippen molar-refractivity contribution >= 4 is 16.8 Å². The van der Waals surface area contributed by atoms with Crippen LogP contribution in [-0.2, 0) is 0 Å². The minimum atomic E-state index is -0.557. The maximum atomic E-state index is 11.5. The Labute approximate surface area is 127 Å². The highest BCUT2D eigenvalue weighted by atomic mass is 16.1. The van der Waals surface area contributed by atoms with Crippen LogP contribution in [0.5, 0.6) is 0 Å². The lowest BCUT2D eigenvalue weighted by molar-refractivity contribution is 0.0996. The summed E-state index contributed by atoms with van der Waals surface area (Å²) in [4.78, 5) is 15.9. The Balaban J connectivity index is 2.30. The van der Waals surface area contributed by atoms with Crippen LogP contribution in [0.3, 0.4) is 0 Å². The van der Waals surface area contributed by atoms with Gasteiger partial charge >= 0.3 is 0 Å². The third-order valence-electron chi connectivity index (χ3n) is 3.54. The molecule has 0 saturated heterocycles. The Hall–Kier alpha value is -3.19. The summed E-state index contributed by atoms with van der Waals surface area (Å²) in [5.41, 5.74) is 9.80. The normalized spacial score (nSPS) is 10.4. The van der Waals surface area contributed by atoms with Crippen LogP contribution in [0, 0.1) is 18.3 Å². The molecule has 1 amide bonds. The number of fused-ring (bicyclic) bond motifs is 1. The number of aromatic nitrogens is 1. The van der Waals surface area contributed by atoms with Crippen molar-refractivity contribution in [3.8, 4) is 17.2 Å². The maximum Gasteiger partial charge on any atom is 0.267 e. The molecule has 1 heterocycles. The van der Waals surface area contributed by atoms with E-state index in [0.29, 0.717) is 5.56 Å². The number of hydrogen-bond acceptors (Lipinski definition) is 3. The number of carbonyl (C=O) groups is 1. The highest BCUT2D eigenvalue weighted by molar-refractivity contribution is 6.00. The van der Waals surface area contributed by atoms with Gasteiger partial charge in [-0.2, -0.15) is 5.26 Å². The van der Waals surface area contributed by atoms with Crippen molar-refractivity contribution in [1.82, 2.24) is 4.98 Å². The molecule has 2 N–H and O–H groups in total. The molecule has 3 rings (SSSR count).